The largest absolute Gasteiger partial charge is 0.462 e. The van der Waals surface area contributed by atoms with E-state index in [1.807, 2.05) is 54.7 Å². The summed E-state index contributed by atoms with van der Waals surface area (Å²) in [6, 6.07) is 0. The van der Waals surface area contributed by atoms with E-state index >= 15 is 0 Å². The molecule has 0 radical (unpaired) electrons. The van der Waals surface area contributed by atoms with Crippen LogP contribution in [0.15, 0.2) is 109 Å². The lowest BCUT2D eigenvalue weighted by molar-refractivity contribution is -0.167. The molecule has 0 saturated carbocycles. The number of carbonyl (C=O) groups is 3. The molecule has 0 aromatic carbocycles. The van der Waals surface area contributed by atoms with E-state index in [0.717, 1.165) is 96.3 Å². The second kappa shape index (κ2) is 52.7. The quantitative estimate of drug-likeness (QED) is 0.0199. The standard InChI is InChI=1S/C59H96O6/c1-4-7-10-13-16-19-22-25-27-29-30-32-34-37-40-43-46-49-52-58(61)64-55-56(54-63-57(60)51-48-45-42-39-36-33-24-21-18-15-12-9-6-3)65-59(62)53-50-47-44-41-38-35-31-28-26-23-20-17-14-11-8-5-2/h8-9,11-12,15,17-18,20-21,24,26,28,30,32-33,36,39,42,56H,4-7,10,13-14,16,19,22-23,25,27,29,31,34-35,37-38,40-41,43-55H2,1-3H3/b11-8+,12-9+,18-15+,20-17+,24-21+,28-26+,32-30+,36-33+,42-39+. The Morgan fingerprint density at radius 1 is 0.338 bits per heavy atom. The van der Waals surface area contributed by atoms with Crippen molar-refractivity contribution < 1.29 is 28.6 Å². The molecule has 0 rings (SSSR count). The Labute approximate surface area is 400 Å². The zero-order chi connectivity index (χ0) is 47.2. The third-order valence-corrected chi connectivity index (χ3v) is 10.9. The molecule has 0 aromatic heterocycles. The van der Waals surface area contributed by atoms with Gasteiger partial charge in [-0.25, -0.2) is 0 Å². The molecular formula is C59H96O6. The molecule has 0 heterocycles. The molecule has 0 aromatic rings. The SMILES string of the molecule is CC/C=C/C=C/C=C/C=C/C=C/CCCC(=O)OCC(COC(=O)CCCCCCC/C=C/CCCCCCCCCCC)OC(=O)CCCCCCCC/C=C/C/C=C/C/C=C/CC. The Bertz CT molecular complexity index is 1360. The van der Waals surface area contributed by atoms with Crippen LogP contribution in [0.5, 0.6) is 0 Å². The van der Waals surface area contributed by atoms with Crippen LogP contribution >= 0.6 is 0 Å². The van der Waals surface area contributed by atoms with Gasteiger partial charge in [-0.1, -0.05) is 226 Å². The van der Waals surface area contributed by atoms with Gasteiger partial charge in [-0.3, -0.25) is 14.4 Å². The van der Waals surface area contributed by atoms with Crippen LogP contribution in [-0.2, 0) is 28.6 Å². The summed E-state index contributed by atoms with van der Waals surface area (Å²) in [5.74, 6) is -1.01. The summed E-state index contributed by atoms with van der Waals surface area (Å²) >= 11 is 0. The molecule has 65 heavy (non-hydrogen) atoms. The smallest absolute Gasteiger partial charge is 0.306 e. The van der Waals surface area contributed by atoms with Crippen molar-refractivity contribution in [3.8, 4) is 0 Å². The zero-order valence-corrected chi connectivity index (χ0v) is 42.0. The molecule has 368 valence electrons. The van der Waals surface area contributed by atoms with Crippen molar-refractivity contribution in [2.45, 2.75) is 232 Å². The van der Waals surface area contributed by atoms with Crippen LogP contribution in [0.2, 0.25) is 0 Å². The minimum Gasteiger partial charge on any atom is -0.462 e. The molecule has 0 aliphatic heterocycles. The van der Waals surface area contributed by atoms with Gasteiger partial charge in [0.25, 0.3) is 0 Å². The lowest BCUT2D eigenvalue weighted by Gasteiger charge is -2.18. The van der Waals surface area contributed by atoms with Gasteiger partial charge in [0.1, 0.15) is 13.2 Å². The Kier molecular flexibility index (Phi) is 49.5. The van der Waals surface area contributed by atoms with Crippen LogP contribution in [0.1, 0.15) is 226 Å². The number of esters is 3. The molecule has 0 aliphatic carbocycles. The molecule has 0 amide bonds. The maximum absolute atomic E-state index is 12.8. The molecule has 0 bridgehead atoms. The molecule has 0 N–H and O–H groups in total. The molecule has 0 spiro atoms. The van der Waals surface area contributed by atoms with E-state index in [1.165, 1.54) is 83.5 Å². The van der Waals surface area contributed by atoms with Crippen molar-refractivity contribution >= 4 is 17.9 Å². The third kappa shape index (κ3) is 50.9. The first kappa shape index (κ1) is 61.1. The molecule has 0 fully saturated rings. The van der Waals surface area contributed by atoms with Crippen LogP contribution in [-0.4, -0.2) is 37.2 Å². The highest BCUT2D eigenvalue weighted by atomic mass is 16.6. The van der Waals surface area contributed by atoms with Crippen LogP contribution in [0.25, 0.3) is 0 Å². The number of rotatable bonds is 46. The summed E-state index contributed by atoms with van der Waals surface area (Å²) in [6.45, 7) is 6.29. The van der Waals surface area contributed by atoms with Gasteiger partial charge in [0, 0.05) is 19.3 Å². The van der Waals surface area contributed by atoms with Crippen molar-refractivity contribution in [2.24, 2.45) is 0 Å². The van der Waals surface area contributed by atoms with E-state index in [1.54, 1.807) is 0 Å². The van der Waals surface area contributed by atoms with E-state index in [4.69, 9.17) is 14.2 Å². The number of unbranched alkanes of at least 4 members (excludes halogenated alkanes) is 21. The van der Waals surface area contributed by atoms with Crippen molar-refractivity contribution in [3.63, 3.8) is 0 Å². The van der Waals surface area contributed by atoms with Gasteiger partial charge >= 0.3 is 17.9 Å². The monoisotopic (exact) mass is 901 g/mol. The Hall–Kier alpha value is -3.93. The highest BCUT2D eigenvalue weighted by Crippen LogP contribution is 2.14. The first-order valence-electron chi connectivity index (χ1n) is 26.5. The predicted octanol–water partition coefficient (Wildman–Crippen LogP) is 17.5. The second-order valence-corrected chi connectivity index (χ2v) is 17.1. The fraction of sp³-hybridized carbons (Fsp3) is 0.644. The van der Waals surface area contributed by atoms with Gasteiger partial charge in [0.2, 0.25) is 0 Å². The molecule has 0 saturated heterocycles. The second-order valence-electron chi connectivity index (χ2n) is 17.1. The first-order valence-corrected chi connectivity index (χ1v) is 26.5. The van der Waals surface area contributed by atoms with Crippen LogP contribution < -0.4 is 0 Å². The van der Waals surface area contributed by atoms with E-state index < -0.39 is 6.10 Å². The van der Waals surface area contributed by atoms with E-state index in [0.29, 0.717) is 19.3 Å². The molecular weight excluding hydrogens is 805 g/mol. The molecule has 0 aliphatic rings. The number of hydrogen-bond donors (Lipinski definition) is 0. The third-order valence-electron chi connectivity index (χ3n) is 10.9. The zero-order valence-electron chi connectivity index (χ0n) is 42.0. The molecule has 6 heteroatoms. The Morgan fingerprint density at radius 3 is 1.18 bits per heavy atom. The molecule has 1 atom stereocenters. The Morgan fingerprint density at radius 2 is 0.692 bits per heavy atom. The Balaban J connectivity index is 4.50. The van der Waals surface area contributed by atoms with Crippen molar-refractivity contribution in [2.75, 3.05) is 13.2 Å². The van der Waals surface area contributed by atoms with Gasteiger partial charge in [-0.15, -0.1) is 0 Å². The highest BCUT2D eigenvalue weighted by Gasteiger charge is 2.19. The highest BCUT2D eigenvalue weighted by molar-refractivity contribution is 5.71. The summed E-state index contributed by atoms with van der Waals surface area (Å²) < 4.78 is 16.7. The fourth-order valence-corrected chi connectivity index (χ4v) is 6.95. The van der Waals surface area contributed by atoms with Crippen molar-refractivity contribution in [3.05, 3.63) is 109 Å². The average molecular weight is 901 g/mol. The van der Waals surface area contributed by atoms with Crippen LogP contribution in [0, 0.1) is 0 Å². The molecule has 6 nitrogen and oxygen atoms in total. The number of allylic oxidation sites excluding steroid dienone is 18. The summed E-state index contributed by atoms with van der Waals surface area (Å²) in [6.07, 6.45) is 70.8. The molecule has 1 unspecified atom stereocenters. The number of hydrogen-bond acceptors (Lipinski definition) is 6. The maximum Gasteiger partial charge on any atom is 0.306 e. The van der Waals surface area contributed by atoms with Gasteiger partial charge < -0.3 is 14.2 Å². The van der Waals surface area contributed by atoms with Gasteiger partial charge in [-0.2, -0.15) is 0 Å². The predicted molar refractivity (Wildman–Crippen MR) is 279 cm³/mol. The fourth-order valence-electron chi connectivity index (χ4n) is 6.95. The first-order chi connectivity index (χ1) is 32.0. The summed E-state index contributed by atoms with van der Waals surface area (Å²) in [4.78, 5) is 38.0. The normalized spacial score (nSPS) is 13.0. The van der Waals surface area contributed by atoms with Gasteiger partial charge in [0.05, 0.1) is 0 Å². The summed E-state index contributed by atoms with van der Waals surface area (Å²) in [5.41, 5.74) is 0. The average Bonchev–Trinajstić information content (AvgIpc) is 3.30. The summed E-state index contributed by atoms with van der Waals surface area (Å²) in [7, 11) is 0. The summed E-state index contributed by atoms with van der Waals surface area (Å²) in [5, 5.41) is 0. The van der Waals surface area contributed by atoms with Crippen molar-refractivity contribution in [1.29, 1.82) is 0 Å². The lowest BCUT2D eigenvalue weighted by atomic mass is 10.1. The minimum absolute atomic E-state index is 0.112. The van der Waals surface area contributed by atoms with Crippen LogP contribution in [0.3, 0.4) is 0 Å². The van der Waals surface area contributed by atoms with Gasteiger partial charge in [0.15, 0.2) is 6.10 Å². The minimum atomic E-state index is -0.819. The maximum atomic E-state index is 12.8. The van der Waals surface area contributed by atoms with Gasteiger partial charge in [-0.05, 0) is 89.9 Å². The van der Waals surface area contributed by atoms with Crippen molar-refractivity contribution in [1.82, 2.24) is 0 Å². The topological polar surface area (TPSA) is 78.9 Å². The lowest BCUT2D eigenvalue weighted by Crippen LogP contribution is -2.30. The van der Waals surface area contributed by atoms with Crippen LogP contribution in [0.4, 0.5) is 0 Å². The van der Waals surface area contributed by atoms with E-state index in [-0.39, 0.29) is 37.5 Å². The number of ether oxygens (including phenoxy) is 3. The number of carbonyl (C=O) groups excluding carboxylic acids is 3. The van der Waals surface area contributed by atoms with E-state index in [2.05, 4.69) is 75.5 Å². The van der Waals surface area contributed by atoms with E-state index in [9.17, 15) is 14.4 Å².